The van der Waals surface area contributed by atoms with Gasteiger partial charge >= 0.3 is 0 Å². The van der Waals surface area contributed by atoms with E-state index in [4.69, 9.17) is 16.6 Å². The number of nitrogens with two attached hydrogens (primary N) is 2. The molecule has 0 aliphatic carbocycles. The van der Waals surface area contributed by atoms with Gasteiger partial charge in [0, 0.05) is 19.2 Å². The molecule has 136 valence electrons. The molecular formula is C19H39N3O. The van der Waals surface area contributed by atoms with Crippen molar-refractivity contribution in [1.29, 1.82) is 0 Å². The summed E-state index contributed by atoms with van der Waals surface area (Å²) in [5.41, 5.74) is 12.9. The Morgan fingerprint density at radius 3 is 2.48 bits per heavy atom. The summed E-state index contributed by atoms with van der Waals surface area (Å²) in [6.07, 6.45) is 11.7. The van der Waals surface area contributed by atoms with Gasteiger partial charge in [0.2, 0.25) is 0 Å². The summed E-state index contributed by atoms with van der Waals surface area (Å²) in [6.45, 7) is 8.72. The fraction of sp³-hybridized carbons (Fsp3) is 0.895. The molecule has 1 aliphatic heterocycles. The minimum absolute atomic E-state index is 0.225. The molecule has 1 rings (SSSR count). The maximum atomic E-state index is 8.79. The van der Waals surface area contributed by atoms with Crippen LogP contribution in [0.25, 0.3) is 0 Å². The Kier molecular flexibility index (Phi) is 11.6. The second kappa shape index (κ2) is 12.9. The standard InChI is InChI=1S/C19H39N3O/c1-17(15-19(21)8-6-11-20)16-22-12-9-18(10-13-22)7-4-2-3-5-14-23/h18-19,23H,1-16,20-21H2/t19-/m0/s1. The number of hydrogen-bond donors (Lipinski definition) is 3. The van der Waals surface area contributed by atoms with E-state index in [1.807, 2.05) is 0 Å². The van der Waals surface area contributed by atoms with Gasteiger partial charge in [0.1, 0.15) is 0 Å². The molecular weight excluding hydrogens is 286 g/mol. The smallest absolute Gasteiger partial charge is 0.0431 e. The normalized spacial score (nSPS) is 18.2. The lowest BCUT2D eigenvalue weighted by molar-refractivity contribution is 0.187. The van der Waals surface area contributed by atoms with Crippen LogP contribution in [0.15, 0.2) is 12.2 Å². The summed E-state index contributed by atoms with van der Waals surface area (Å²) in [5, 5.41) is 8.79. The summed E-state index contributed by atoms with van der Waals surface area (Å²) in [6, 6.07) is 0.225. The Balaban J connectivity index is 2.07. The number of piperidine rings is 1. The van der Waals surface area contributed by atoms with Crippen LogP contribution in [0.2, 0.25) is 0 Å². The van der Waals surface area contributed by atoms with E-state index in [-0.39, 0.29) is 6.04 Å². The van der Waals surface area contributed by atoms with Gasteiger partial charge in [0.15, 0.2) is 0 Å². The zero-order chi connectivity index (χ0) is 16.9. The first-order valence-electron chi connectivity index (χ1n) is 9.61. The van der Waals surface area contributed by atoms with Crippen LogP contribution < -0.4 is 11.5 Å². The van der Waals surface area contributed by atoms with Gasteiger partial charge < -0.3 is 16.6 Å². The summed E-state index contributed by atoms with van der Waals surface area (Å²) >= 11 is 0. The quantitative estimate of drug-likeness (QED) is 0.359. The van der Waals surface area contributed by atoms with E-state index in [2.05, 4.69) is 11.5 Å². The maximum Gasteiger partial charge on any atom is 0.0431 e. The molecule has 0 spiro atoms. The topological polar surface area (TPSA) is 75.5 Å². The molecule has 0 amide bonds. The highest BCUT2D eigenvalue weighted by Crippen LogP contribution is 2.24. The number of hydrogen-bond acceptors (Lipinski definition) is 4. The van der Waals surface area contributed by atoms with Crippen molar-refractivity contribution >= 4 is 0 Å². The predicted molar refractivity (Wildman–Crippen MR) is 99.4 cm³/mol. The molecule has 1 saturated heterocycles. The van der Waals surface area contributed by atoms with Crippen LogP contribution >= 0.6 is 0 Å². The van der Waals surface area contributed by atoms with Crippen molar-refractivity contribution in [1.82, 2.24) is 4.90 Å². The Morgan fingerprint density at radius 1 is 1.13 bits per heavy atom. The van der Waals surface area contributed by atoms with Crippen LogP contribution in [0.4, 0.5) is 0 Å². The summed E-state index contributed by atoms with van der Waals surface area (Å²) in [5.74, 6) is 0.903. The molecule has 0 bridgehead atoms. The van der Waals surface area contributed by atoms with E-state index in [1.54, 1.807) is 0 Å². The van der Waals surface area contributed by atoms with Gasteiger partial charge in [-0.05, 0) is 64.1 Å². The molecule has 0 aromatic rings. The summed E-state index contributed by atoms with van der Waals surface area (Å²) in [4.78, 5) is 2.54. The van der Waals surface area contributed by atoms with Crippen LogP contribution in [0, 0.1) is 5.92 Å². The number of rotatable bonds is 13. The number of aliphatic hydroxyl groups is 1. The minimum atomic E-state index is 0.225. The Hall–Kier alpha value is -0.420. The Morgan fingerprint density at radius 2 is 1.83 bits per heavy atom. The molecule has 4 heteroatoms. The number of aliphatic hydroxyl groups excluding tert-OH is 1. The van der Waals surface area contributed by atoms with Gasteiger partial charge in [0.05, 0.1) is 0 Å². The highest BCUT2D eigenvalue weighted by atomic mass is 16.2. The van der Waals surface area contributed by atoms with Crippen LogP contribution in [0.1, 0.15) is 64.2 Å². The summed E-state index contributed by atoms with van der Waals surface area (Å²) < 4.78 is 0. The lowest BCUT2D eigenvalue weighted by Gasteiger charge is -2.32. The van der Waals surface area contributed by atoms with Crippen LogP contribution in [0.5, 0.6) is 0 Å². The van der Waals surface area contributed by atoms with Crippen molar-refractivity contribution < 1.29 is 5.11 Å². The van der Waals surface area contributed by atoms with Crippen molar-refractivity contribution in [3.05, 3.63) is 12.2 Å². The molecule has 0 aromatic carbocycles. The second-order valence-electron chi connectivity index (χ2n) is 7.29. The number of likely N-dealkylation sites (tertiary alicyclic amines) is 1. The van der Waals surface area contributed by atoms with E-state index >= 15 is 0 Å². The molecule has 1 heterocycles. The van der Waals surface area contributed by atoms with Gasteiger partial charge in [-0.1, -0.05) is 37.8 Å². The van der Waals surface area contributed by atoms with Crippen molar-refractivity contribution in [3.8, 4) is 0 Å². The first kappa shape index (κ1) is 20.6. The van der Waals surface area contributed by atoms with E-state index < -0.39 is 0 Å². The number of unbranched alkanes of at least 4 members (excludes halogenated alkanes) is 3. The molecule has 23 heavy (non-hydrogen) atoms. The van der Waals surface area contributed by atoms with E-state index in [0.717, 1.165) is 44.7 Å². The molecule has 1 fully saturated rings. The lowest BCUT2D eigenvalue weighted by Crippen LogP contribution is -2.35. The highest BCUT2D eigenvalue weighted by molar-refractivity contribution is 5.00. The van der Waals surface area contributed by atoms with Gasteiger partial charge in [-0.25, -0.2) is 0 Å². The van der Waals surface area contributed by atoms with Crippen LogP contribution in [0.3, 0.4) is 0 Å². The summed E-state index contributed by atoms with van der Waals surface area (Å²) in [7, 11) is 0. The zero-order valence-electron chi connectivity index (χ0n) is 15.0. The maximum absolute atomic E-state index is 8.79. The van der Waals surface area contributed by atoms with Crippen LogP contribution in [-0.4, -0.2) is 48.8 Å². The minimum Gasteiger partial charge on any atom is -0.396 e. The molecule has 1 aliphatic rings. The van der Waals surface area contributed by atoms with Crippen molar-refractivity contribution in [2.75, 3.05) is 32.8 Å². The fourth-order valence-corrected chi connectivity index (χ4v) is 3.57. The van der Waals surface area contributed by atoms with Crippen molar-refractivity contribution in [2.24, 2.45) is 17.4 Å². The van der Waals surface area contributed by atoms with Crippen molar-refractivity contribution in [2.45, 2.75) is 70.3 Å². The van der Waals surface area contributed by atoms with Gasteiger partial charge in [-0.15, -0.1) is 0 Å². The third kappa shape index (κ3) is 10.1. The third-order valence-electron chi connectivity index (χ3n) is 5.00. The van der Waals surface area contributed by atoms with Gasteiger partial charge in [0.25, 0.3) is 0 Å². The van der Waals surface area contributed by atoms with E-state index in [0.29, 0.717) is 6.61 Å². The first-order chi connectivity index (χ1) is 11.2. The Labute approximate surface area is 143 Å². The van der Waals surface area contributed by atoms with E-state index in [1.165, 1.54) is 57.2 Å². The van der Waals surface area contributed by atoms with Crippen LogP contribution in [-0.2, 0) is 0 Å². The van der Waals surface area contributed by atoms with E-state index in [9.17, 15) is 0 Å². The SMILES string of the molecule is C=C(C[C@@H](N)CCCN)CN1CCC(CCCCCCO)CC1. The largest absolute Gasteiger partial charge is 0.396 e. The van der Waals surface area contributed by atoms with Gasteiger partial charge in [-0.2, -0.15) is 0 Å². The number of nitrogens with zero attached hydrogens (tertiary/aromatic N) is 1. The molecule has 0 unspecified atom stereocenters. The molecule has 5 N–H and O–H groups in total. The first-order valence-corrected chi connectivity index (χ1v) is 9.61. The average Bonchev–Trinajstić information content (AvgIpc) is 2.54. The monoisotopic (exact) mass is 325 g/mol. The predicted octanol–water partition coefficient (Wildman–Crippen LogP) is 2.65. The lowest BCUT2D eigenvalue weighted by atomic mass is 9.90. The Bertz CT molecular complexity index is 301. The highest BCUT2D eigenvalue weighted by Gasteiger charge is 2.19. The zero-order valence-corrected chi connectivity index (χ0v) is 15.0. The molecule has 4 nitrogen and oxygen atoms in total. The van der Waals surface area contributed by atoms with Gasteiger partial charge in [-0.3, -0.25) is 4.90 Å². The average molecular weight is 326 g/mol. The van der Waals surface area contributed by atoms with Crippen molar-refractivity contribution in [3.63, 3.8) is 0 Å². The molecule has 0 radical (unpaired) electrons. The molecule has 0 aromatic heterocycles. The second-order valence-corrected chi connectivity index (χ2v) is 7.29. The fourth-order valence-electron chi connectivity index (χ4n) is 3.57. The third-order valence-corrected chi connectivity index (χ3v) is 5.00. The molecule has 1 atom stereocenters. The molecule has 0 saturated carbocycles.